The second-order valence-electron chi connectivity index (χ2n) is 12.9. The lowest BCUT2D eigenvalue weighted by molar-refractivity contribution is -0.0185. The first-order valence-electron chi connectivity index (χ1n) is 18.3. The average Bonchev–Trinajstić information content (AvgIpc) is 2.94. The Bertz CT molecular complexity index is 480. The van der Waals surface area contributed by atoms with Crippen LogP contribution in [0.5, 0.6) is 0 Å². The highest BCUT2D eigenvalue weighted by Crippen LogP contribution is 2.47. The number of unbranched alkanes of at least 4 members (excludes halogenated alkanes) is 16. The fourth-order valence-electron chi connectivity index (χ4n) is 6.25. The van der Waals surface area contributed by atoms with E-state index >= 15 is 0 Å². The van der Waals surface area contributed by atoms with Gasteiger partial charge in [0.15, 0.2) is 0 Å². The lowest BCUT2D eigenvalue weighted by Crippen LogP contribution is -2.34. The topological polar surface area (TPSA) is 35.5 Å². The van der Waals surface area contributed by atoms with Crippen LogP contribution in [-0.4, -0.2) is 11.2 Å². The second-order valence-corrected chi connectivity index (χ2v) is 13.7. The summed E-state index contributed by atoms with van der Waals surface area (Å²) in [6, 6.07) is 0. The van der Waals surface area contributed by atoms with Gasteiger partial charge in [0.25, 0.3) is 0 Å². The Labute approximate surface area is 254 Å². The zero-order valence-corrected chi connectivity index (χ0v) is 29.4. The van der Waals surface area contributed by atoms with Gasteiger partial charge in [0.2, 0.25) is 0 Å². The number of rotatable bonds is 32. The molecule has 0 aromatic rings. The van der Waals surface area contributed by atoms with Crippen molar-refractivity contribution in [3.8, 4) is 0 Å². The molecule has 4 heteroatoms. The van der Waals surface area contributed by atoms with Crippen LogP contribution in [0.1, 0.15) is 221 Å². The third-order valence-electron chi connectivity index (χ3n) is 8.95. The van der Waals surface area contributed by atoms with E-state index in [-0.39, 0.29) is 11.2 Å². The number of hydrogen-bond donors (Lipinski definition) is 0. The van der Waals surface area contributed by atoms with E-state index in [0.717, 1.165) is 51.4 Å². The van der Waals surface area contributed by atoms with Crippen LogP contribution in [0.4, 0.5) is 0 Å². The first-order valence-corrected chi connectivity index (χ1v) is 19.4. The van der Waals surface area contributed by atoms with Crippen LogP contribution >= 0.6 is 8.25 Å². The van der Waals surface area contributed by atoms with Crippen LogP contribution in [0.15, 0.2) is 0 Å². The maximum absolute atomic E-state index is 14.0. The molecule has 3 nitrogen and oxygen atoms in total. The summed E-state index contributed by atoms with van der Waals surface area (Å²) in [4.78, 5) is 0. The van der Waals surface area contributed by atoms with E-state index < -0.39 is 8.25 Å². The summed E-state index contributed by atoms with van der Waals surface area (Å²) in [5, 5.41) is 0. The van der Waals surface area contributed by atoms with Crippen molar-refractivity contribution in [1.29, 1.82) is 0 Å². The van der Waals surface area contributed by atoms with Gasteiger partial charge in [-0.2, -0.15) is 0 Å². The molecule has 0 bridgehead atoms. The molecule has 0 aliphatic heterocycles. The molecule has 0 aliphatic rings. The van der Waals surface area contributed by atoms with Crippen molar-refractivity contribution in [2.45, 2.75) is 233 Å². The summed E-state index contributed by atoms with van der Waals surface area (Å²) in [7, 11) is -2.15. The Balaban J connectivity index is 5.87. The summed E-state index contributed by atoms with van der Waals surface area (Å²) >= 11 is 0. The molecule has 0 fully saturated rings. The van der Waals surface area contributed by atoms with Crippen LogP contribution in [0.3, 0.4) is 0 Å². The molecule has 0 saturated carbocycles. The summed E-state index contributed by atoms with van der Waals surface area (Å²) in [5.74, 6) is 0. The fraction of sp³-hybridized carbons (Fsp3) is 1.00. The van der Waals surface area contributed by atoms with Gasteiger partial charge in [-0.1, -0.05) is 183 Å². The van der Waals surface area contributed by atoms with Crippen molar-refractivity contribution in [2.24, 2.45) is 0 Å². The molecule has 0 heterocycles. The van der Waals surface area contributed by atoms with Crippen molar-refractivity contribution >= 4 is 8.25 Å². The van der Waals surface area contributed by atoms with E-state index in [9.17, 15) is 4.57 Å². The molecule has 0 rings (SSSR count). The van der Waals surface area contributed by atoms with Gasteiger partial charge in [-0.25, -0.2) is 0 Å². The van der Waals surface area contributed by atoms with E-state index in [1.54, 1.807) is 0 Å². The molecule has 0 aromatic carbocycles. The lowest BCUT2D eigenvalue weighted by atomic mass is 9.85. The molecule has 0 N–H and O–H groups in total. The fourth-order valence-corrected chi connectivity index (χ4v) is 7.47. The Morgan fingerprint density at radius 1 is 0.350 bits per heavy atom. The van der Waals surface area contributed by atoms with Gasteiger partial charge in [0, 0.05) is 4.57 Å². The lowest BCUT2D eigenvalue weighted by Gasteiger charge is -2.31. The minimum atomic E-state index is -2.15. The Morgan fingerprint density at radius 2 is 0.550 bits per heavy atom. The third-order valence-corrected chi connectivity index (χ3v) is 10.0. The Hall–Kier alpha value is 0.0200. The van der Waals surface area contributed by atoms with Gasteiger partial charge < -0.3 is 0 Å². The predicted molar refractivity (Wildman–Crippen MR) is 179 cm³/mol. The smallest absolute Gasteiger partial charge is 0.112 e. The first-order chi connectivity index (χ1) is 19.5. The highest BCUT2D eigenvalue weighted by atomic mass is 31.1. The number of hydrogen-bond acceptors (Lipinski definition) is 3. The minimum Gasteiger partial charge on any atom is -0.112 e. The van der Waals surface area contributed by atoms with Crippen molar-refractivity contribution in [1.82, 2.24) is 0 Å². The van der Waals surface area contributed by atoms with Gasteiger partial charge in [-0.05, 0) is 38.5 Å². The van der Waals surface area contributed by atoms with Crippen molar-refractivity contribution < 1.29 is 13.6 Å². The zero-order valence-electron chi connectivity index (χ0n) is 28.5. The maximum atomic E-state index is 14.0. The molecule has 0 aliphatic carbocycles. The van der Waals surface area contributed by atoms with Gasteiger partial charge in [-0.15, -0.1) is 9.05 Å². The van der Waals surface area contributed by atoms with Gasteiger partial charge >= 0.3 is 8.25 Å². The second kappa shape index (κ2) is 27.8. The molecular formula is C36H74O3P+. The normalized spacial score (nSPS) is 12.3. The summed E-state index contributed by atoms with van der Waals surface area (Å²) in [6.07, 6.45) is 33.1. The molecule has 0 atom stereocenters. The molecule has 0 saturated heterocycles. The van der Waals surface area contributed by atoms with Crippen LogP contribution in [0.25, 0.3) is 0 Å². The van der Waals surface area contributed by atoms with E-state index in [1.165, 1.54) is 128 Å². The largest absolute Gasteiger partial charge is 0.698 e. The molecule has 0 radical (unpaired) electrons. The van der Waals surface area contributed by atoms with Gasteiger partial charge in [-0.3, -0.25) is 0 Å². The van der Waals surface area contributed by atoms with E-state index in [1.807, 2.05) is 0 Å². The molecule has 40 heavy (non-hydrogen) atoms. The molecule has 0 unspecified atom stereocenters. The monoisotopic (exact) mass is 586 g/mol. The zero-order chi connectivity index (χ0) is 29.8. The van der Waals surface area contributed by atoms with Crippen LogP contribution < -0.4 is 0 Å². The molecule has 240 valence electrons. The van der Waals surface area contributed by atoms with Crippen molar-refractivity contribution in [3.05, 3.63) is 0 Å². The average molecular weight is 586 g/mol. The van der Waals surface area contributed by atoms with E-state index in [4.69, 9.17) is 9.05 Å². The first kappa shape index (κ1) is 40.0. The van der Waals surface area contributed by atoms with Crippen molar-refractivity contribution in [2.75, 3.05) is 0 Å². The Kier molecular flexibility index (Phi) is 27.8. The highest BCUT2D eigenvalue weighted by Gasteiger charge is 2.46. The van der Waals surface area contributed by atoms with Crippen LogP contribution in [0, 0.1) is 0 Å². The summed E-state index contributed by atoms with van der Waals surface area (Å²) < 4.78 is 27.5. The van der Waals surface area contributed by atoms with Crippen LogP contribution in [0.2, 0.25) is 0 Å². The summed E-state index contributed by atoms with van der Waals surface area (Å²) in [5.41, 5.74) is -0.576. The Morgan fingerprint density at radius 3 is 0.775 bits per heavy atom. The van der Waals surface area contributed by atoms with E-state index in [2.05, 4.69) is 41.5 Å². The van der Waals surface area contributed by atoms with Crippen LogP contribution in [-0.2, 0) is 13.6 Å². The highest BCUT2D eigenvalue weighted by molar-refractivity contribution is 7.33. The molecule has 0 amide bonds. The standard InChI is InChI=1S/C36H74O3P/c1-7-13-19-25-31-35(29-23-17-11-5,32-26-20-14-8-2)38-40(37)39-36(30-24-18-12-6,33-27-21-15-9-3)34-28-22-16-10-4/h7-34H2,1-6H3/q+1. The predicted octanol–water partition coefficient (Wildman–Crippen LogP) is 14.2. The SMILES string of the molecule is CCCCCCC(CCCCC)(CCCCCC)O[P+](=O)OC(CCCCC)(CCCCCC)CCCCCC. The third kappa shape index (κ3) is 20.8. The maximum Gasteiger partial charge on any atom is 0.698 e. The van der Waals surface area contributed by atoms with E-state index in [0.29, 0.717) is 0 Å². The quantitative estimate of drug-likeness (QED) is 0.0582. The minimum absolute atomic E-state index is 0.288. The molecule has 0 aromatic heterocycles. The molecule has 0 spiro atoms. The summed E-state index contributed by atoms with van der Waals surface area (Å²) in [6.45, 7) is 13.7. The van der Waals surface area contributed by atoms with Gasteiger partial charge in [0.1, 0.15) is 11.2 Å². The molecular weight excluding hydrogens is 511 g/mol. The van der Waals surface area contributed by atoms with Gasteiger partial charge in [0.05, 0.1) is 0 Å². The van der Waals surface area contributed by atoms with Crippen molar-refractivity contribution in [3.63, 3.8) is 0 Å².